The van der Waals surface area contributed by atoms with Gasteiger partial charge in [0, 0.05) is 0 Å². The van der Waals surface area contributed by atoms with Crippen molar-refractivity contribution >= 4 is 23.8 Å². The second-order valence-electron chi connectivity index (χ2n) is 7.06. The van der Waals surface area contributed by atoms with E-state index in [0.29, 0.717) is 5.69 Å². The maximum absolute atomic E-state index is 11.9. The summed E-state index contributed by atoms with van der Waals surface area (Å²) >= 11 is 0. The fourth-order valence-corrected chi connectivity index (χ4v) is 2.21. The predicted octanol–water partition coefficient (Wildman–Crippen LogP) is -0.850. The Morgan fingerprint density at radius 2 is 1.73 bits per heavy atom. The third kappa shape index (κ3) is 8.55. The summed E-state index contributed by atoms with van der Waals surface area (Å²) in [5.41, 5.74) is 0.350. The Kier molecular flexibility index (Phi) is 9.37. The molecule has 0 saturated heterocycles. The van der Waals surface area contributed by atoms with Crippen molar-refractivity contribution in [2.24, 2.45) is 0 Å². The van der Waals surface area contributed by atoms with Crippen molar-refractivity contribution in [3.63, 3.8) is 0 Å². The molecule has 0 radical (unpaired) electrons. The molecule has 0 aliphatic rings. The van der Waals surface area contributed by atoms with Crippen molar-refractivity contribution in [1.29, 1.82) is 0 Å². The molecule has 1 aromatic carbocycles. The Morgan fingerprint density at radius 1 is 1.07 bits per heavy atom. The van der Waals surface area contributed by atoms with Crippen LogP contribution < -0.4 is 34.6 Å². The van der Waals surface area contributed by atoms with Crippen LogP contribution >= 0.6 is 0 Å². The van der Waals surface area contributed by atoms with Crippen molar-refractivity contribution in [1.82, 2.24) is 10.3 Å². The van der Waals surface area contributed by atoms with Crippen LogP contribution in [0.5, 0.6) is 0 Å². The van der Waals surface area contributed by atoms with Gasteiger partial charge in [-0.25, -0.2) is 9.59 Å². The number of rotatable bonds is 6. The van der Waals surface area contributed by atoms with E-state index in [1.165, 1.54) is 18.3 Å². The molecule has 0 aliphatic carbocycles. The minimum Gasteiger partial charge on any atom is -0.547 e. The number of ether oxygens (including phenoxy) is 2. The van der Waals surface area contributed by atoms with E-state index in [9.17, 15) is 19.5 Å². The minimum absolute atomic E-state index is 0. The third-order valence-corrected chi connectivity index (χ3v) is 3.44. The van der Waals surface area contributed by atoms with Crippen molar-refractivity contribution in [3.8, 4) is 0 Å². The van der Waals surface area contributed by atoms with Gasteiger partial charge in [0.2, 0.25) is 0 Å². The van der Waals surface area contributed by atoms with E-state index in [-0.39, 0.29) is 31.2 Å². The largest absolute Gasteiger partial charge is 1.00 e. The summed E-state index contributed by atoms with van der Waals surface area (Å²) < 4.78 is 10.1. The molecule has 2 amide bonds. The molecule has 0 aliphatic heterocycles. The fourth-order valence-electron chi connectivity index (χ4n) is 2.21. The molecule has 2 N–H and O–H groups in total. The van der Waals surface area contributed by atoms with Crippen LogP contribution in [0.1, 0.15) is 38.1 Å². The van der Waals surface area contributed by atoms with Gasteiger partial charge in [0.05, 0.1) is 23.5 Å². The molecule has 10 heteroatoms. The van der Waals surface area contributed by atoms with E-state index in [1.807, 2.05) is 30.3 Å². The fraction of sp³-hybridized carbons (Fsp3) is 0.300. The summed E-state index contributed by atoms with van der Waals surface area (Å²) in [5, 5.41) is 16.0. The number of carbonyl (C=O) groups excluding carboxylic acids is 3. The topological polar surface area (TPSA) is 130 Å². The summed E-state index contributed by atoms with van der Waals surface area (Å²) in [4.78, 5) is 39.0. The first-order valence-corrected chi connectivity index (χ1v) is 8.78. The van der Waals surface area contributed by atoms with Gasteiger partial charge in [-0.1, -0.05) is 30.3 Å². The number of hydrogen-bond donors (Lipinski definition) is 2. The van der Waals surface area contributed by atoms with Crippen LogP contribution in [-0.4, -0.2) is 28.7 Å². The van der Waals surface area contributed by atoms with Crippen LogP contribution in [0.3, 0.4) is 0 Å². The first-order valence-electron chi connectivity index (χ1n) is 8.78. The molecule has 0 bridgehead atoms. The summed E-state index contributed by atoms with van der Waals surface area (Å²) in [7, 11) is 0. The van der Waals surface area contributed by atoms with Crippen molar-refractivity contribution in [3.05, 3.63) is 59.9 Å². The number of pyridine rings is 1. The van der Waals surface area contributed by atoms with Gasteiger partial charge in [0.15, 0.2) is 0 Å². The number of carboxylic acid groups (broad SMARTS) is 1. The smallest absolute Gasteiger partial charge is 0.547 e. The number of nitrogens with zero attached hydrogens (tertiary/aromatic N) is 1. The molecule has 9 nitrogen and oxygen atoms in total. The molecule has 0 spiro atoms. The Hall–Kier alpha value is -3.02. The number of amides is 2. The average Bonchev–Trinajstić information content (AvgIpc) is 2.64. The van der Waals surface area contributed by atoms with Crippen molar-refractivity contribution in [2.75, 3.05) is 5.32 Å². The zero-order valence-corrected chi connectivity index (χ0v) is 17.3. The van der Waals surface area contributed by atoms with Crippen LogP contribution in [0, 0.1) is 0 Å². The molecule has 154 valence electrons. The van der Waals surface area contributed by atoms with Crippen LogP contribution in [0.2, 0.25) is 0 Å². The molecule has 30 heavy (non-hydrogen) atoms. The van der Waals surface area contributed by atoms with Crippen molar-refractivity contribution in [2.45, 2.75) is 39.0 Å². The molecule has 2 aromatic rings. The number of aliphatic carboxylic acids is 1. The van der Waals surface area contributed by atoms with E-state index in [2.05, 4.69) is 15.6 Å². The van der Waals surface area contributed by atoms with Crippen molar-refractivity contribution < 1.29 is 47.8 Å². The number of alkyl carbamates (subject to hydrolysis) is 1. The van der Waals surface area contributed by atoms with Gasteiger partial charge in [-0.05, 0) is 38.5 Å². The zero-order valence-electron chi connectivity index (χ0n) is 17.3. The van der Waals surface area contributed by atoms with Crippen LogP contribution in [0.15, 0.2) is 48.7 Å². The first kappa shape index (κ1) is 25.0. The van der Waals surface area contributed by atoms with Gasteiger partial charge in [0.1, 0.15) is 18.2 Å². The standard InChI is InChI=1S/C20H23N3O6.Li/c1-20(2,3)29-19(27)23-16(17(24)25)15-10-9-14(11-21-15)22-18(26)28-12-13-7-5-4-6-8-13;/h4-11,16H,12H2,1-3H3,(H,22,26)(H,23,27)(H,24,25);/q;+1/p-1. The molecule has 2 rings (SSSR count). The number of nitrogens with one attached hydrogen (secondary N) is 2. The molecule has 1 atom stereocenters. The number of carbonyl (C=O) groups is 3. The molecule has 1 aromatic heterocycles. The van der Waals surface area contributed by atoms with Gasteiger partial charge in [0.25, 0.3) is 0 Å². The molecule has 1 heterocycles. The minimum atomic E-state index is -1.55. The number of benzene rings is 1. The van der Waals surface area contributed by atoms with E-state index in [1.54, 1.807) is 20.8 Å². The Labute approximate surface area is 186 Å². The predicted molar refractivity (Wildman–Crippen MR) is 102 cm³/mol. The zero-order chi connectivity index (χ0) is 21.4. The number of anilines is 1. The van der Waals surface area contributed by atoms with E-state index in [4.69, 9.17) is 9.47 Å². The van der Waals surface area contributed by atoms with E-state index in [0.717, 1.165) is 5.56 Å². The third-order valence-electron chi connectivity index (χ3n) is 3.44. The monoisotopic (exact) mass is 407 g/mol. The second-order valence-corrected chi connectivity index (χ2v) is 7.06. The average molecular weight is 407 g/mol. The maximum atomic E-state index is 11.9. The molecule has 1 unspecified atom stereocenters. The van der Waals surface area contributed by atoms with Gasteiger partial charge < -0.3 is 24.7 Å². The van der Waals surface area contributed by atoms with Crippen LogP contribution in [0.25, 0.3) is 0 Å². The SMILES string of the molecule is CC(C)(C)OC(=O)NC(C(=O)[O-])c1ccc(NC(=O)OCc2ccccc2)cn1.[Li+]. The summed E-state index contributed by atoms with van der Waals surface area (Å²) in [6.45, 7) is 5.05. The molecule has 0 saturated carbocycles. The Morgan fingerprint density at radius 3 is 2.27 bits per heavy atom. The van der Waals surface area contributed by atoms with Crippen LogP contribution in [-0.2, 0) is 20.9 Å². The van der Waals surface area contributed by atoms with Gasteiger partial charge in [-0.3, -0.25) is 10.3 Å². The summed E-state index contributed by atoms with van der Waals surface area (Å²) in [6, 6.07) is 10.4. The molecule has 0 fully saturated rings. The van der Waals surface area contributed by atoms with Gasteiger partial charge >= 0.3 is 31.0 Å². The Bertz CT molecular complexity index is 853. The quantitative estimate of drug-likeness (QED) is 0.597. The normalized spacial score (nSPS) is 11.4. The first-order chi connectivity index (χ1) is 13.6. The van der Waals surface area contributed by atoms with E-state index < -0.39 is 29.8 Å². The maximum Gasteiger partial charge on any atom is 1.00 e. The van der Waals surface area contributed by atoms with Gasteiger partial charge in [-0.2, -0.15) is 0 Å². The number of hydrogen-bond acceptors (Lipinski definition) is 7. The number of aromatic nitrogens is 1. The summed E-state index contributed by atoms with van der Waals surface area (Å²) in [5.74, 6) is -1.55. The number of carboxylic acids is 1. The van der Waals surface area contributed by atoms with Gasteiger partial charge in [-0.15, -0.1) is 0 Å². The summed E-state index contributed by atoms with van der Waals surface area (Å²) in [6.07, 6.45) is -0.363. The molecular formula is C20H22LiN3O6. The molecular weight excluding hydrogens is 385 g/mol. The van der Waals surface area contributed by atoms with Crippen LogP contribution in [0.4, 0.5) is 15.3 Å². The Balaban J connectivity index is 0.00000450. The van der Waals surface area contributed by atoms with E-state index >= 15 is 0 Å². The second kappa shape index (κ2) is 11.2.